The van der Waals surface area contributed by atoms with Crippen LogP contribution < -0.4 is 5.32 Å². The normalized spacial score (nSPS) is 22.0. The second-order valence-corrected chi connectivity index (χ2v) is 5.22. The van der Waals surface area contributed by atoms with Crippen LogP contribution in [0.15, 0.2) is 12.4 Å². The Kier molecular flexibility index (Phi) is 2.69. The van der Waals surface area contributed by atoms with Crippen LogP contribution in [0.5, 0.6) is 0 Å². The van der Waals surface area contributed by atoms with E-state index in [4.69, 9.17) is 0 Å². The van der Waals surface area contributed by atoms with Crippen molar-refractivity contribution in [3.63, 3.8) is 0 Å². The van der Waals surface area contributed by atoms with Gasteiger partial charge in [0.2, 0.25) is 0 Å². The fourth-order valence-corrected chi connectivity index (χ4v) is 2.62. The van der Waals surface area contributed by atoms with Gasteiger partial charge < -0.3 is 15.2 Å². The van der Waals surface area contributed by atoms with Crippen LogP contribution in [0.4, 0.5) is 0 Å². The third-order valence-electron chi connectivity index (χ3n) is 3.95. The number of nitrogens with zero attached hydrogens (tertiary/aromatic N) is 1. The molecule has 0 aliphatic carbocycles. The number of ketones is 1. The van der Waals surface area contributed by atoms with Gasteiger partial charge in [-0.2, -0.15) is 0 Å². The molecule has 3 rings (SSSR count). The van der Waals surface area contributed by atoms with Crippen LogP contribution >= 0.6 is 0 Å². The number of Topliss-reactive ketones (excluding diaryl/α,β-unsaturated/α-hetero) is 1. The molecule has 0 aromatic carbocycles. The first-order valence-corrected chi connectivity index (χ1v) is 6.55. The molecular weight excluding hydrogens is 242 g/mol. The number of amides is 1. The van der Waals surface area contributed by atoms with Crippen LogP contribution in [0.3, 0.4) is 0 Å². The molecule has 1 unspecified atom stereocenters. The van der Waals surface area contributed by atoms with Crippen molar-refractivity contribution >= 4 is 17.3 Å². The first kappa shape index (κ1) is 12.0. The molecule has 1 atom stereocenters. The Bertz CT molecular complexity index is 586. The molecule has 5 nitrogen and oxygen atoms in total. The first-order valence-electron chi connectivity index (χ1n) is 6.55. The number of hydrogen-bond donors (Lipinski definition) is 2. The molecule has 2 aliphatic rings. The Balaban J connectivity index is 2.03. The molecule has 0 saturated carbocycles. The van der Waals surface area contributed by atoms with Gasteiger partial charge in [0, 0.05) is 25.0 Å². The van der Waals surface area contributed by atoms with E-state index in [9.17, 15) is 9.59 Å². The van der Waals surface area contributed by atoms with Crippen LogP contribution in [-0.2, 0) is 0 Å². The second-order valence-electron chi connectivity index (χ2n) is 5.22. The number of aromatic amines is 1. The lowest BCUT2D eigenvalue weighted by atomic mass is 9.99. The Morgan fingerprint density at radius 1 is 1.47 bits per heavy atom. The van der Waals surface area contributed by atoms with Crippen LogP contribution in [-0.4, -0.2) is 40.7 Å². The second kappa shape index (κ2) is 4.26. The average molecular weight is 259 g/mol. The number of hydrogen-bond acceptors (Lipinski definition) is 3. The summed E-state index contributed by atoms with van der Waals surface area (Å²) in [6.07, 6.45) is 4.51. The predicted molar refractivity (Wildman–Crippen MR) is 71.9 cm³/mol. The van der Waals surface area contributed by atoms with Gasteiger partial charge in [-0.05, 0) is 25.8 Å². The number of carbonyl (C=O) groups is 2. The Hall–Kier alpha value is -2.04. The maximum atomic E-state index is 12.4. The number of aromatic nitrogens is 1. The number of carbonyl (C=O) groups excluding carboxylic acids is 2. The molecule has 5 heteroatoms. The van der Waals surface area contributed by atoms with Gasteiger partial charge in [0.25, 0.3) is 5.91 Å². The minimum absolute atomic E-state index is 0.0409. The van der Waals surface area contributed by atoms with Crippen molar-refractivity contribution in [3.8, 4) is 0 Å². The summed E-state index contributed by atoms with van der Waals surface area (Å²) in [5.74, 6) is -0.0832. The highest BCUT2D eigenvalue weighted by molar-refractivity contribution is 6.12. The van der Waals surface area contributed by atoms with Crippen LogP contribution in [0.1, 0.15) is 46.7 Å². The van der Waals surface area contributed by atoms with Gasteiger partial charge in [-0.25, -0.2) is 0 Å². The quantitative estimate of drug-likeness (QED) is 0.801. The van der Waals surface area contributed by atoms with Crippen molar-refractivity contribution in [3.05, 3.63) is 29.2 Å². The molecule has 100 valence electrons. The molecule has 2 aliphatic heterocycles. The zero-order valence-corrected chi connectivity index (χ0v) is 11.1. The third-order valence-corrected chi connectivity index (χ3v) is 3.95. The van der Waals surface area contributed by atoms with Crippen LogP contribution in [0, 0.1) is 0 Å². The number of H-pyrrole nitrogens is 1. The minimum Gasteiger partial charge on any atom is -0.383 e. The van der Waals surface area contributed by atoms with Crippen molar-refractivity contribution in [1.29, 1.82) is 0 Å². The lowest BCUT2D eigenvalue weighted by Gasteiger charge is -2.38. The Morgan fingerprint density at radius 2 is 2.26 bits per heavy atom. The SMILES string of the molecule is CC1=CNCC(=O)c2c(C(=O)N3CCC3C)c[nH]c21. The van der Waals surface area contributed by atoms with Gasteiger partial charge in [-0.15, -0.1) is 0 Å². The van der Waals surface area contributed by atoms with E-state index in [2.05, 4.69) is 10.3 Å². The van der Waals surface area contributed by atoms with Gasteiger partial charge in [0.05, 0.1) is 23.4 Å². The van der Waals surface area contributed by atoms with E-state index in [0.717, 1.165) is 24.2 Å². The number of fused-ring (bicyclic) bond motifs is 1. The molecule has 0 bridgehead atoms. The van der Waals surface area contributed by atoms with Gasteiger partial charge in [0.1, 0.15) is 0 Å². The average Bonchev–Trinajstić information content (AvgIpc) is 2.75. The molecule has 3 heterocycles. The molecule has 0 spiro atoms. The van der Waals surface area contributed by atoms with Gasteiger partial charge in [-0.1, -0.05) is 0 Å². The molecule has 1 fully saturated rings. The molecule has 1 saturated heterocycles. The Morgan fingerprint density at radius 3 is 2.89 bits per heavy atom. The van der Waals surface area contributed by atoms with E-state index in [1.54, 1.807) is 12.4 Å². The van der Waals surface area contributed by atoms with E-state index >= 15 is 0 Å². The van der Waals surface area contributed by atoms with E-state index in [1.807, 2.05) is 18.7 Å². The third kappa shape index (κ3) is 1.77. The molecule has 0 radical (unpaired) electrons. The summed E-state index contributed by atoms with van der Waals surface area (Å²) >= 11 is 0. The summed E-state index contributed by atoms with van der Waals surface area (Å²) in [6, 6.07) is 0.272. The summed E-state index contributed by atoms with van der Waals surface area (Å²) in [7, 11) is 0. The summed E-state index contributed by atoms with van der Waals surface area (Å²) in [5, 5.41) is 2.96. The van der Waals surface area contributed by atoms with E-state index < -0.39 is 0 Å². The van der Waals surface area contributed by atoms with E-state index in [1.165, 1.54) is 0 Å². The standard InChI is InChI=1S/C14H17N3O2/c1-8-5-15-7-11(18)12-10(6-16-13(8)12)14(19)17-4-3-9(17)2/h5-6,9,15-16H,3-4,7H2,1-2H3. The summed E-state index contributed by atoms with van der Waals surface area (Å²) in [5.41, 5.74) is 2.73. The minimum atomic E-state index is -0.0423. The fourth-order valence-electron chi connectivity index (χ4n) is 2.62. The van der Waals surface area contributed by atoms with Crippen molar-refractivity contribution < 1.29 is 9.59 Å². The highest BCUT2D eigenvalue weighted by Gasteiger charge is 2.33. The van der Waals surface area contributed by atoms with E-state index in [0.29, 0.717) is 11.1 Å². The smallest absolute Gasteiger partial charge is 0.256 e. The highest BCUT2D eigenvalue weighted by atomic mass is 16.2. The first-order chi connectivity index (χ1) is 9.09. The van der Waals surface area contributed by atoms with Gasteiger partial charge in [0.15, 0.2) is 5.78 Å². The zero-order valence-electron chi connectivity index (χ0n) is 11.1. The molecule has 19 heavy (non-hydrogen) atoms. The van der Waals surface area contributed by atoms with Gasteiger partial charge in [-0.3, -0.25) is 9.59 Å². The Labute approximate surface area is 111 Å². The molecular formula is C14H17N3O2. The summed E-state index contributed by atoms with van der Waals surface area (Å²) in [4.78, 5) is 29.5. The van der Waals surface area contributed by atoms with E-state index in [-0.39, 0.29) is 24.3 Å². The van der Waals surface area contributed by atoms with Crippen LogP contribution in [0.25, 0.3) is 5.57 Å². The predicted octanol–water partition coefficient (Wildman–Crippen LogP) is 1.40. The largest absolute Gasteiger partial charge is 0.383 e. The van der Waals surface area contributed by atoms with Gasteiger partial charge >= 0.3 is 0 Å². The van der Waals surface area contributed by atoms with Crippen molar-refractivity contribution in [2.75, 3.05) is 13.1 Å². The monoisotopic (exact) mass is 259 g/mol. The number of rotatable bonds is 1. The molecule has 1 aromatic rings. The van der Waals surface area contributed by atoms with Crippen molar-refractivity contribution in [2.24, 2.45) is 0 Å². The lowest BCUT2D eigenvalue weighted by Crippen LogP contribution is -2.49. The van der Waals surface area contributed by atoms with Crippen molar-refractivity contribution in [2.45, 2.75) is 26.3 Å². The maximum absolute atomic E-state index is 12.4. The number of nitrogens with one attached hydrogen (secondary N) is 2. The van der Waals surface area contributed by atoms with Crippen molar-refractivity contribution in [1.82, 2.24) is 15.2 Å². The lowest BCUT2D eigenvalue weighted by molar-refractivity contribution is 0.0500. The maximum Gasteiger partial charge on any atom is 0.256 e. The van der Waals surface area contributed by atoms with Crippen LogP contribution in [0.2, 0.25) is 0 Å². The highest BCUT2D eigenvalue weighted by Crippen LogP contribution is 2.27. The summed E-state index contributed by atoms with van der Waals surface area (Å²) in [6.45, 7) is 4.96. The molecule has 1 amide bonds. The topological polar surface area (TPSA) is 65.2 Å². The summed E-state index contributed by atoms with van der Waals surface area (Å²) < 4.78 is 0. The zero-order chi connectivity index (χ0) is 13.6. The number of allylic oxidation sites excluding steroid dienone is 1. The molecule has 1 aromatic heterocycles. The number of likely N-dealkylation sites (tertiary alicyclic amines) is 1. The fraction of sp³-hybridized carbons (Fsp3) is 0.429. The molecule has 2 N–H and O–H groups in total.